The number of aliphatic imine (C=N–C) groups is 1. The van der Waals surface area contributed by atoms with Crippen LogP contribution in [0, 0.1) is 5.92 Å². The van der Waals surface area contributed by atoms with Crippen LogP contribution in [0.5, 0.6) is 0 Å². The molecular weight excluding hydrogens is 352 g/mol. The van der Waals surface area contributed by atoms with E-state index < -0.39 is 9.84 Å². The summed E-state index contributed by atoms with van der Waals surface area (Å²) in [7, 11) is -2.91. The van der Waals surface area contributed by atoms with E-state index in [1.807, 2.05) is 23.6 Å². The van der Waals surface area contributed by atoms with Gasteiger partial charge in [0.05, 0.1) is 23.6 Å². The Labute approximate surface area is 157 Å². The van der Waals surface area contributed by atoms with E-state index in [2.05, 4.69) is 30.7 Å². The maximum absolute atomic E-state index is 12.7. The first-order chi connectivity index (χ1) is 12.1. The van der Waals surface area contributed by atoms with Gasteiger partial charge in [0.1, 0.15) is 0 Å². The van der Waals surface area contributed by atoms with Gasteiger partial charge < -0.3 is 15.1 Å². The molecule has 0 aromatic heterocycles. The van der Waals surface area contributed by atoms with Crippen LogP contribution in [0.3, 0.4) is 0 Å². The fraction of sp³-hybridized carbons (Fsp3) is 0.778. The summed E-state index contributed by atoms with van der Waals surface area (Å²) in [4.78, 5) is 21.2. The molecule has 2 saturated heterocycles. The van der Waals surface area contributed by atoms with Crippen LogP contribution in [-0.4, -0.2) is 79.3 Å². The monoisotopic (exact) mass is 384 g/mol. The third-order valence-corrected chi connectivity index (χ3v) is 6.71. The smallest absolute Gasteiger partial charge is 0.242 e. The Balaban J connectivity index is 2.14. The summed E-state index contributed by atoms with van der Waals surface area (Å²) in [6, 6.07) is 0.143. The highest BCUT2D eigenvalue weighted by atomic mass is 32.2. The van der Waals surface area contributed by atoms with Gasteiger partial charge in [-0.1, -0.05) is 6.08 Å². The zero-order chi connectivity index (χ0) is 19.5. The first-order valence-corrected chi connectivity index (χ1v) is 11.0. The molecule has 0 aliphatic carbocycles. The highest BCUT2D eigenvalue weighted by Crippen LogP contribution is 2.25. The van der Waals surface area contributed by atoms with Crippen LogP contribution >= 0.6 is 0 Å². The molecule has 2 aliphatic heterocycles. The van der Waals surface area contributed by atoms with Gasteiger partial charge in [-0.05, 0) is 40.0 Å². The molecule has 0 radical (unpaired) electrons. The minimum Gasteiger partial charge on any atom is -0.353 e. The van der Waals surface area contributed by atoms with Crippen molar-refractivity contribution in [3.63, 3.8) is 0 Å². The number of rotatable bonds is 5. The minimum atomic E-state index is -2.91. The largest absolute Gasteiger partial charge is 0.353 e. The summed E-state index contributed by atoms with van der Waals surface area (Å²) >= 11 is 0. The van der Waals surface area contributed by atoms with Crippen molar-refractivity contribution in [1.29, 1.82) is 0 Å². The van der Waals surface area contributed by atoms with Gasteiger partial charge in [0, 0.05) is 25.7 Å². The van der Waals surface area contributed by atoms with Crippen LogP contribution < -0.4 is 5.32 Å². The molecule has 0 saturated carbocycles. The summed E-state index contributed by atoms with van der Waals surface area (Å²) in [6.45, 7) is 13.8. The van der Waals surface area contributed by atoms with Crippen LogP contribution in [0.15, 0.2) is 17.6 Å². The van der Waals surface area contributed by atoms with E-state index in [1.165, 1.54) is 0 Å². The Hall–Kier alpha value is -1.57. The molecule has 1 atom stereocenters. The van der Waals surface area contributed by atoms with Gasteiger partial charge in [-0.25, -0.2) is 8.42 Å². The summed E-state index contributed by atoms with van der Waals surface area (Å²) in [5.74, 6) is 1.24. The first-order valence-electron chi connectivity index (χ1n) is 9.22. The third kappa shape index (κ3) is 4.99. The molecule has 0 spiro atoms. The lowest BCUT2D eigenvalue weighted by atomic mass is 9.96. The minimum absolute atomic E-state index is 0.0567. The second-order valence-corrected chi connectivity index (χ2v) is 10.4. The summed E-state index contributed by atoms with van der Waals surface area (Å²) in [5, 5.41) is 3.22. The first kappa shape index (κ1) is 20.7. The van der Waals surface area contributed by atoms with Crippen molar-refractivity contribution < 1.29 is 13.2 Å². The number of nitrogens with one attached hydrogen (secondary N) is 1. The summed E-state index contributed by atoms with van der Waals surface area (Å²) < 4.78 is 23.3. The Morgan fingerprint density at radius 2 is 2.15 bits per heavy atom. The van der Waals surface area contributed by atoms with Gasteiger partial charge in [0.25, 0.3) is 0 Å². The van der Waals surface area contributed by atoms with Crippen LogP contribution in [0.1, 0.15) is 34.1 Å². The molecule has 26 heavy (non-hydrogen) atoms. The molecule has 7 nitrogen and oxygen atoms in total. The van der Waals surface area contributed by atoms with Crippen LogP contribution in [0.2, 0.25) is 0 Å². The Morgan fingerprint density at radius 1 is 1.46 bits per heavy atom. The zero-order valence-corrected chi connectivity index (χ0v) is 17.2. The van der Waals surface area contributed by atoms with Crippen LogP contribution in [-0.2, 0) is 14.6 Å². The highest BCUT2D eigenvalue weighted by Gasteiger charge is 2.40. The number of hydrogen-bond acceptors (Lipinski definition) is 4. The van der Waals surface area contributed by atoms with Crippen molar-refractivity contribution in [1.82, 2.24) is 15.1 Å². The third-order valence-electron chi connectivity index (χ3n) is 4.87. The molecule has 0 aromatic rings. The van der Waals surface area contributed by atoms with Gasteiger partial charge in [-0.15, -0.1) is 6.58 Å². The molecule has 8 heteroatoms. The van der Waals surface area contributed by atoms with E-state index in [-0.39, 0.29) is 41.5 Å². The van der Waals surface area contributed by atoms with Crippen molar-refractivity contribution in [3.05, 3.63) is 12.7 Å². The zero-order valence-electron chi connectivity index (χ0n) is 16.4. The number of nitrogens with zero attached hydrogens (tertiary/aromatic N) is 3. The summed E-state index contributed by atoms with van der Waals surface area (Å²) in [6.07, 6.45) is 2.40. The molecule has 2 heterocycles. The molecule has 1 unspecified atom stereocenters. The maximum Gasteiger partial charge on any atom is 0.242 e. The molecule has 1 N–H and O–H groups in total. The van der Waals surface area contributed by atoms with Gasteiger partial charge in [0.2, 0.25) is 5.91 Å². The standard InChI is InChI=1S/C18H32N4O3S/c1-6-8-19-17(20-10-15-7-9-26(24,25)12-15)21-11-16(23)22(14(2)3)18(4,5)13-21/h6,14-15H,1,7-13H2,2-5H3,(H,19,20). The SMILES string of the molecule is C=CCNC(=NCC1CCS(=O)(=O)C1)N1CC(=O)N(C(C)C)C(C)(C)C1. The topological polar surface area (TPSA) is 82.1 Å². The fourth-order valence-electron chi connectivity index (χ4n) is 3.98. The van der Waals surface area contributed by atoms with Crippen molar-refractivity contribution in [3.8, 4) is 0 Å². The van der Waals surface area contributed by atoms with Crippen molar-refractivity contribution >= 4 is 21.7 Å². The van der Waals surface area contributed by atoms with E-state index in [4.69, 9.17) is 0 Å². The van der Waals surface area contributed by atoms with Gasteiger partial charge in [-0.3, -0.25) is 9.79 Å². The number of guanidine groups is 1. The Morgan fingerprint density at radius 3 is 2.65 bits per heavy atom. The van der Waals surface area contributed by atoms with E-state index in [9.17, 15) is 13.2 Å². The lowest BCUT2D eigenvalue weighted by Gasteiger charge is -2.49. The maximum atomic E-state index is 12.7. The highest BCUT2D eigenvalue weighted by molar-refractivity contribution is 7.91. The molecule has 0 bridgehead atoms. The normalized spacial score (nSPS) is 25.7. The molecular formula is C18H32N4O3S. The molecule has 2 rings (SSSR count). The second kappa shape index (κ2) is 7.98. The molecule has 0 aromatic carbocycles. The Bertz CT molecular complexity index is 670. The van der Waals surface area contributed by atoms with Crippen molar-refractivity contribution in [2.45, 2.75) is 45.7 Å². The predicted octanol–water partition coefficient (Wildman–Crippen LogP) is 0.884. The van der Waals surface area contributed by atoms with Gasteiger partial charge >= 0.3 is 0 Å². The van der Waals surface area contributed by atoms with Gasteiger partial charge in [0.15, 0.2) is 15.8 Å². The molecule has 2 aliphatic rings. The van der Waals surface area contributed by atoms with Crippen LogP contribution in [0.25, 0.3) is 0 Å². The average Bonchev–Trinajstić information content (AvgIpc) is 2.84. The van der Waals surface area contributed by atoms with E-state index in [1.54, 1.807) is 6.08 Å². The van der Waals surface area contributed by atoms with Crippen molar-refractivity contribution in [2.75, 3.05) is 37.7 Å². The second-order valence-electron chi connectivity index (χ2n) is 8.13. The number of carbonyl (C=O) groups is 1. The fourth-order valence-corrected chi connectivity index (χ4v) is 5.83. The molecule has 1 amide bonds. The number of piperazine rings is 1. The lowest BCUT2D eigenvalue weighted by Crippen LogP contribution is -2.66. The van der Waals surface area contributed by atoms with E-state index in [0.717, 1.165) is 0 Å². The quantitative estimate of drug-likeness (QED) is 0.432. The number of carbonyl (C=O) groups excluding carboxylic acids is 1. The number of hydrogen-bond donors (Lipinski definition) is 1. The summed E-state index contributed by atoms with van der Waals surface area (Å²) in [5.41, 5.74) is -0.309. The molecule has 2 fully saturated rings. The number of sulfone groups is 1. The lowest BCUT2D eigenvalue weighted by molar-refractivity contribution is -0.145. The number of amides is 1. The Kier molecular flexibility index (Phi) is 6.37. The average molecular weight is 385 g/mol. The van der Waals surface area contributed by atoms with E-state index >= 15 is 0 Å². The van der Waals surface area contributed by atoms with Crippen molar-refractivity contribution in [2.24, 2.45) is 10.9 Å². The predicted molar refractivity (Wildman–Crippen MR) is 105 cm³/mol. The van der Waals surface area contributed by atoms with Gasteiger partial charge in [-0.2, -0.15) is 0 Å². The molecule has 148 valence electrons. The van der Waals surface area contributed by atoms with Crippen LogP contribution in [0.4, 0.5) is 0 Å². The van der Waals surface area contributed by atoms with E-state index in [0.29, 0.717) is 32.0 Å².